The Morgan fingerprint density at radius 3 is 1.95 bits per heavy atom. The molecule has 0 spiro atoms. The molecule has 0 saturated carbocycles. The lowest BCUT2D eigenvalue weighted by Crippen LogP contribution is -2.45. The van der Waals surface area contributed by atoms with Gasteiger partial charge in [-0.3, -0.25) is 5.01 Å². The number of urea groups is 1. The summed E-state index contributed by atoms with van der Waals surface area (Å²) in [6.07, 6.45) is 0. The van der Waals surface area contributed by atoms with Crippen LogP contribution in [0.15, 0.2) is 48.5 Å². The van der Waals surface area contributed by atoms with Crippen LogP contribution in [-0.4, -0.2) is 11.0 Å². The summed E-state index contributed by atoms with van der Waals surface area (Å²) in [6.45, 7) is 0. The van der Waals surface area contributed by atoms with Gasteiger partial charge in [-0.2, -0.15) is 0 Å². The molecule has 0 atom stereocenters. The molecule has 5 nitrogen and oxygen atoms in total. The van der Waals surface area contributed by atoms with E-state index in [-0.39, 0.29) is 0 Å². The molecule has 1 aliphatic rings. The number of nitrogens with zero attached hydrogens (tertiary/aromatic N) is 1. The van der Waals surface area contributed by atoms with E-state index in [0.717, 1.165) is 16.1 Å². The van der Waals surface area contributed by atoms with Crippen LogP contribution < -0.4 is 16.3 Å². The van der Waals surface area contributed by atoms with Crippen LogP contribution in [0, 0.1) is 0 Å². The Morgan fingerprint density at radius 2 is 1.47 bits per heavy atom. The van der Waals surface area contributed by atoms with Crippen molar-refractivity contribution < 1.29 is 9.53 Å². The van der Waals surface area contributed by atoms with Crippen molar-refractivity contribution in [2.24, 2.45) is 11.6 Å². The van der Waals surface area contributed by atoms with Crippen LogP contribution >= 0.6 is 0 Å². The number of nitrogens with two attached hydrogens (primary N) is 2. The Morgan fingerprint density at radius 1 is 1.00 bits per heavy atom. The molecule has 1 aliphatic heterocycles. The number of benzene rings is 2. The second kappa shape index (κ2) is 4.29. The molecule has 2 aromatic rings. The predicted octanol–water partition coefficient (Wildman–Crippen LogP) is 2.14. The van der Waals surface area contributed by atoms with Crippen LogP contribution in [0.4, 0.5) is 4.79 Å². The molecule has 0 aromatic heterocycles. The van der Waals surface area contributed by atoms with E-state index in [0.29, 0.717) is 11.5 Å². The van der Waals surface area contributed by atoms with Gasteiger partial charge >= 0.3 is 6.03 Å². The highest BCUT2D eigenvalue weighted by atomic mass is 16.5. The van der Waals surface area contributed by atoms with Gasteiger partial charge in [0.05, 0.1) is 0 Å². The Hall–Kier alpha value is -2.53. The second-order valence-corrected chi connectivity index (χ2v) is 4.33. The SMILES string of the molecule is NC(=O)N(N)C1c2ccccc2Oc2ccccc21. The van der Waals surface area contributed by atoms with E-state index in [2.05, 4.69) is 0 Å². The number of carbonyl (C=O) groups is 1. The number of para-hydroxylation sites is 2. The maximum atomic E-state index is 11.4. The molecule has 1 heterocycles. The first-order chi connectivity index (χ1) is 9.18. The van der Waals surface area contributed by atoms with Crippen molar-refractivity contribution in [3.05, 3.63) is 59.7 Å². The number of ether oxygens (including phenoxy) is 1. The summed E-state index contributed by atoms with van der Waals surface area (Å²) in [5.41, 5.74) is 6.95. The van der Waals surface area contributed by atoms with E-state index >= 15 is 0 Å². The second-order valence-electron chi connectivity index (χ2n) is 4.33. The van der Waals surface area contributed by atoms with Crippen molar-refractivity contribution >= 4 is 6.03 Å². The molecule has 0 bridgehead atoms. The number of hydrazine groups is 1. The number of fused-ring (bicyclic) bond motifs is 2. The molecule has 0 radical (unpaired) electrons. The Kier molecular flexibility index (Phi) is 2.61. The van der Waals surface area contributed by atoms with Crippen LogP contribution in [-0.2, 0) is 0 Å². The molecule has 0 fully saturated rings. The number of rotatable bonds is 1. The zero-order valence-corrected chi connectivity index (χ0v) is 10.1. The average Bonchev–Trinajstić information content (AvgIpc) is 2.43. The van der Waals surface area contributed by atoms with E-state index in [9.17, 15) is 4.79 Å². The summed E-state index contributed by atoms with van der Waals surface area (Å²) >= 11 is 0. The predicted molar refractivity (Wildman–Crippen MR) is 70.4 cm³/mol. The Labute approximate surface area is 110 Å². The fourth-order valence-electron chi connectivity index (χ4n) is 2.31. The first-order valence-electron chi connectivity index (χ1n) is 5.87. The largest absolute Gasteiger partial charge is 0.457 e. The summed E-state index contributed by atoms with van der Waals surface area (Å²) in [5.74, 6) is 7.19. The van der Waals surface area contributed by atoms with Crippen molar-refractivity contribution in [2.75, 3.05) is 0 Å². The normalized spacial score (nSPS) is 13.1. The minimum absolute atomic E-state index is 0.432. The van der Waals surface area contributed by atoms with Crippen LogP contribution in [0.25, 0.3) is 0 Å². The number of hydrogen-bond donors (Lipinski definition) is 2. The van der Waals surface area contributed by atoms with Gasteiger partial charge in [-0.05, 0) is 12.1 Å². The third-order valence-corrected chi connectivity index (χ3v) is 3.18. The number of carbonyl (C=O) groups excluding carboxylic acids is 1. The van der Waals surface area contributed by atoms with Crippen LogP contribution in [0.5, 0.6) is 11.5 Å². The summed E-state index contributed by atoms with van der Waals surface area (Å²) in [4.78, 5) is 11.4. The molecule has 3 rings (SSSR count). The molecular formula is C14H13N3O2. The van der Waals surface area contributed by atoms with Crippen molar-refractivity contribution in [1.29, 1.82) is 0 Å². The number of hydrogen-bond acceptors (Lipinski definition) is 3. The molecule has 0 unspecified atom stereocenters. The molecule has 0 saturated heterocycles. The minimum Gasteiger partial charge on any atom is -0.457 e. The third kappa shape index (κ3) is 1.80. The highest BCUT2D eigenvalue weighted by molar-refractivity contribution is 5.73. The maximum absolute atomic E-state index is 11.4. The van der Waals surface area contributed by atoms with Gasteiger partial charge in [0.1, 0.15) is 17.5 Å². The van der Waals surface area contributed by atoms with Crippen molar-refractivity contribution in [3.63, 3.8) is 0 Å². The summed E-state index contributed by atoms with van der Waals surface area (Å²) in [5, 5.41) is 1.03. The summed E-state index contributed by atoms with van der Waals surface area (Å²) in [6, 6.07) is 13.8. The first kappa shape index (κ1) is 11.6. The van der Waals surface area contributed by atoms with E-state index in [1.165, 1.54) is 0 Å². The molecule has 4 N–H and O–H groups in total. The van der Waals surface area contributed by atoms with Gasteiger partial charge in [0.25, 0.3) is 0 Å². The highest BCUT2D eigenvalue weighted by Crippen LogP contribution is 2.44. The minimum atomic E-state index is -0.684. The molecule has 2 amide bonds. The van der Waals surface area contributed by atoms with Gasteiger partial charge in [-0.15, -0.1) is 0 Å². The van der Waals surface area contributed by atoms with Gasteiger partial charge < -0.3 is 10.5 Å². The first-order valence-corrected chi connectivity index (χ1v) is 5.87. The van der Waals surface area contributed by atoms with Crippen molar-refractivity contribution in [3.8, 4) is 11.5 Å². The van der Waals surface area contributed by atoms with Crippen LogP contribution in [0.1, 0.15) is 17.2 Å². The average molecular weight is 255 g/mol. The zero-order chi connectivity index (χ0) is 13.4. The van der Waals surface area contributed by atoms with Crippen molar-refractivity contribution in [1.82, 2.24) is 5.01 Å². The van der Waals surface area contributed by atoms with Gasteiger partial charge in [0.2, 0.25) is 0 Å². The van der Waals surface area contributed by atoms with E-state index in [4.69, 9.17) is 16.3 Å². The molecule has 0 aliphatic carbocycles. The molecule has 19 heavy (non-hydrogen) atoms. The van der Waals surface area contributed by atoms with Gasteiger partial charge in [-0.1, -0.05) is 36.4 Å². The van der Waals surface area contributed by atoms with E-state index in [1.54, 1.807) is 0 Å². The third-order valence-electron chi connectivity index (χ3n) is 3.18. The fraction of sp³-hybridized carbons (Fsp3) is 0.0714. The Balaban J connectivity index is 2.19. The number of amides is 2. The van der Waals surface area contributed by atoms with E-state index < -0.39 is 12.1 Å². The zero-order valence-electron chi connectivity index (χ0n) is 10.1. The van der Waals surface area contributed by atoms with Gasteiger partial charge in [-0.25, -0.2) is 10.6 Å². The number of primary amides is 1. The quantitative estimate of drug-likeness (QED) is 0.465. The lowest BCUT2D eigenvalue weighted by molar-refractivity contribution is 0.191. The van der Waals surface area contributed by atoms with Crippen LogP contribution in [0.3, 0.4) is 0 Å². The maximum Gasteiger partial charge on any atom is 0.329 e. The Bertz CT molecular complexity index is 597. The van der Waals surface area contributed by atoms with Gasteiger partial charge in [0, 0.05) is 11.1 Å². The molecule has 5 heteroatoms. The highest BCUT2D eigenvalue weighted by Gasteiger charge is 2.31. The molecule has 96 valence electrons. The fourth-order valence-corrected chi connectivity index (χ4v) is 2.31. The van der Waals surface area contributed by atoms with Crippen LogP contribution in [0.2, 0.25) is 0 Å². The lowest BCUT2D eigenvalue weighted by Gasteiger charge is -2.32. The standard InChI is InChI=1S/C14H13N3O2/c15-14(18)17(16)13-9-5-1-3-7-11(9)19-12-8-4-2-6-10(12)13/h1-8,13H,16H2,(H2,15,18). The monoisotopic (exact) mass is 255 g/mol. The van der Waals surface area contributed by atoms with Crippen molar-refractivity contribution in [2.45, 2.75) is 6.04 Å². The smallest absolute Gasteiger partial charge is 0.329 e. The molecular weight excluding hydrogens is 242 g/mol. The topological polar surface area (TPSA) is 81.6 Å². The summed E-state index contributed by atoms with van der Waals surface area (Å²) in [7, 11) is 0. The van der Waals surface area contributed by atoms with E-state index in [1.807, 2.05) is 48.5 Å². The van der Waals surface area contributed by atoms with Gasteiger partial charge in [0.15, 0.2) is 0 Å². The molecule has 2 aromatic carbocycles. The summed E-state index contributed by atoms with van der Waals surface area (Å²) < 4.78 is 5.80. The lowest BCUT2D eigenvalue weighted by atomic mass is 9.94.